The second-order valence-corrected chi connectivity index (χ2v) is 5.64. The van der Waals surface area contributed by atoms with Gasteiger partial charge in [-0.1, -0.05) is 54.1 Å². The average molecular weight is 328 g/mol. The van der Waals surface area contributed by atoms with Gasteiger partial charge in [0.05, 0.1) is 12.1 Å². The molecule has 1 heterocycles. The maximum Gasteiger partial charge on any atom is 0.358 e. The maximum absolute atomic E-state index is 12.4. The van der Waals surface area contributed by atoms with Crippen molar-refractivity contribution in [3.63, 3.8) is 0 Å². The minimum absolute atomic E-state index is 0.173. The number of halogens is 1. The monoisotopic (exact) mass is 327 g/mol. The fraction of sp³-hybridized carbons (Fsp3) is 0.111. The van der Waals surface area contributed by atoms with Crippen molar-refractivity contribution < 1.29 is 9.32 Å². The van der Waals surface area contributed by atoms with Crippen LogP contribution in [0.1, 0.15) is 21.6 Å². The number of carbonyl (C=O) groups excluding carboxylic acids is 1. The molecular weight excluding hydrogens is 314 g/mol. The second-order valence-electron chi connectivity index (χ2n) is 5.20. The lowest BCUT2D eigenvalue weighted by atomic mass is 10.1. The van der Waals surface area contributed by atoms with Gasteiger partial charge in [0.25, 0.3) is 5.91 Å². The van der Waals surface area contributed by atoms with Crippen LogP contribution in [0.25, 0.3) is 0 Å². The van der Waals surface area contributed by atoms with Crippen LogP contribution in [0.15, 0.2) is 70.0 Å². The molecule has 0 bridgehead atoms. The number of nitrogens with zero attached hydrogens (tertiary/aromatic N) is 1. The maximum atomic E-state index is 12.4. The number of aromatic nitrogens is 1. The first-order valence-electron chi connectivity index (χ1n) is 7.15. The zero-order valence-electron chi connectivity index (χ0n) is 12.2. The Morgan fingerprint density at radius 2 is 1.70 bits per heavy atom. The molecule has 0 fully saturated rings. The fourth-order valence-electron chi connectivity index (χ4n) is 2.36. The molecule has 1 aromatic heterocycles. The van der Waals surface area contributed by atoms with Crippen molar-refractivity contribution in [3.05, 3.63) is 92.9 Å². The van der Waals surface area contributed by atoms with Gasteiger partial charge in [-0.05, 0) is 23.3 Å². The van der Waals surface area contributed by atoms with Crippen LogP contribution in [-0.4, -0.2) is 10.6 Å². The second kappa shape index (κ2) is 6.67. The molecule has 4 nitrogen and oxygen atoms in total. The molecule has 0 spiro atoms. The van der Waals surface area contributed by atoms with E-state index >= 15 is 0 Å². The summed E-state index contributed by atoms with van der Waals surface area (Å²) in [4.78, 5) is 24.0. The van der Waals surface area contributed by atoms with E-state index in [2.05, 4.69) is 0 Å². The Morgan fingerprint density at radius 3 is 2.39 bits per heavy atom. The Morgan fingerprint density at radius 1 is 1.00 bits per heavy atom. The lowest BCUT2D eigenvalue weighted by molar-refractivity contribution is 0.0781. The third kappa shape index (κ3) is 3.79. The van der Waals surface area contributed by atoms with E-state index in [1.165, 1.54) is 6.07 Å². The van der Waals surface area contributed by atoms with Gasteiger partial charge in [-0.3, -0.25) is 4.79 Å². The Labute approximate surface area is 137 Å². The minimum atomic E-state index is -0.532. The van der Waals surface area contributed by atoms with Gasteiger partial charge in [0.1, 0.15) is 0 Å². The molecule has 0 atom stereocenters. The Hall–Kier alpha value is -2.59. The van der Waals surface area contributed by atoms with Crippen molar-refractivity contribution in [2.45, 2.75) is 12.8 Å². The quantitative estimate of drug-likeness (QED) is 0.736. The van der Waals surface area contributed by atoms with Crippen molar-refractivity contribution >= 4 is 17.5 Å². The van der Waals surface area contributed by atoms with Gasteiger partial charge in [0.15, 0.2) is 0 Å². The Balaban J connectivity index is 1.84. The van der Waals surface area contributed by atoms with Crippen molar-refractivity contribution in [1.29, 1.82) is 0 Å². The van der Waals surface area contributed by atoms with E-state index in [1.54, 1.807) is 12.1 Å². The molecule has 3 rings (SSSR count). The summed E-state index contributed by atoms with van der Waals surface area (Å²) in [5.41, 5.74) is 1.80. The molecule has 3 aromatic rings. The Bertz CT molecular complexity index is 863. The highest BCUT2D eigenvalue weighted by atomic mass is 35.5. The zero-order chi connectivity index (χ0) is 16.2. The largest absolute Gasteiger partial charge is 0.358 e. The molecule has 0 unspecified atom stereocenters. The molecule has 0 N–H and O–H groups in total. The molecule has 0 aliphatic carbocycles. The molecule has 0 aliphatic rings. The third-order valence-corrected chi connectivity index (χ3v) is 3.70. The van der Waals surface area contributed by atoms with Crippen LogP contribution < -0.4 is 5.63 Å². The van der Waals surface area contributed by atoms with E-state index in [1.807, 2.05) is 42.5 Å². The fourth-order valence-corrected chi connectivity index (χ4v) is 2.48. The summed E-state index contributed by atoms with van der Waals surface area (Å²) < 4.78 is 6.12. The van der Waals surface area contributed by atoms with Crippen LogP contribution in [-0.2, 0) is 12.8 Å². The van der Waals surface area contributed by atoms with Crippen LogP contribution >= 0.6 is 11.6 Å². The van der Waals surface area contributed by atoms with Crippen molar-refractivity contribution in [3.8, 4) is 0 Å². The van der Waals surface area contributed by atoms with E-state index in [-0.39, 0.29) is 12.3 Å². The van der Waals surface area contributed by atoms with Gasteiger partial charge < -0.3 is 4.52 Å². The van der Waals surface area contributed by atoms with Gasteiger partial charge in [-0.2, -0.15) is 0 Å². The molecule has 0 amide bonds. The molecule has 0 aliphatic heterocycles. The standard InChI is InChI=1S/C18H14ClNO3/c19-15-8-6-14(7-9-15)10-16-12-18(22)23-20(16)17(21)11-13-4-2-1-3-5-13/h1-9,12H,10-11H2. The van der Waals surface area contributed by atoms with E-state index in [9.17, 15) is 9.59 Å². The first kappa shape index (κ1) is 15.3. The third-order valence-electron chi connectivity index (χ3n) is 3.45. The molecule has 5 heteroatoms. The zero-order valence-corrected chi connectivity index (χ0v) is 13.0. The van der Waals surface area contributed by atoms with Crippen molar-refractivity contribution in [2.24, 2.45) is 0 Å². The molecule has 23 heavy (non-hydrogen) atoms. The van der Waals surface area contributed by atoms with Crippen molar-refractivity contribution in [2.75, 3.05) is 0 Å². The molecule has 2 aromatic carbocycles. The van der Waals surface area contributed by atoms with Gasteiger partial charge in [-0.15, -0.1) is 4.74 Å². The Kier molecular flexibility index (Phi) is 4.44. The van der Waals surface area contributed by atoms with Gasteiger partial charge >= 0.3 is 5.63 Å². The van der Waals surface area contributed by atoms with Crippen LogP contribution in [0.2, 0.25) is 5.02 Å². The lowest BCUT2D eigenvalue weighted by Gasteiger charge is -2.06. The highest BCUT2D eigenvalue weighted by Crippen LogP contribution is 2.14. The predicted octanol–water partition coefficient (Wildman–Crippen LogP) is 3.57. The summed E-state index contributed by atoms with van der Waals surface area (Å²) in [7, 11) is 0. The van der Waals surface area contributed by atoms with Gasteiger partial charge in [0.2, 0.25) is 0 Å². The lowest BCUT2D eigenvalue weighted by Crippen LogP contribution is -2.16. The van der Waals surface area contributed by atoms with Gasteiger partial charge in [0, 0.05) is 17.5 Å². The minimum Gasteiger partial charge on any atom is -0.329 e. The number of rotatable bonds is 4. The van der Waals surface area contributed by atoms with E-state index < -0.39 is 5.63 Å². The summed E-state index contributed by atoms with van der Waals surface area (Å²) in [6.07, 6.45) is 0.593. The van der Waals surface area contributed by atoms with Crippen molar-refractivity contribution in [1.82, 2.24) is 4.74 Å². The molecule has 0 saturated heterocycles. The first-order chi connectivity index (χ1) is 11.1. The number of hydrogen-bond acceptors (Lipinski definition) is 3. The van der Waals surface area contributed by atoms with E-state index in [0.29, 0.717) is 17.1 Å². The predicted molar refractivity (Wildman–Crippen MR) is 88.0 cm³/mol. The summed E-state index contributed by atoms with van der Waals surface area (Å²) in [6, 6.07) is 17.9. The summed E-state index contributed by atoms with van der Waals surface area (Å²) in [5.74, 6) is -0.276. The highest BCUT2D eigenvalue weighted by Gasteiger charge is 2.15. The first-order valence-corrected chi connectivity index (χ1v) is 7.53. The topological polar surface area (TPSA) is 52.2 Å². The summed E-state index contributed by atoms with van der Waals surface area (Å²) >= 11 is 5.86. The van der Waals surface area contributed by atoms with Crippen LogP contribution in [0.3, 0.4) is 0 Å². The summed E-state index contributed by atoms with van der Waals surface area (Å²) in [6.45, 7) is 0. The van der Waals surface area contributed by atoms with Crippen LogP contribution in [0.5, 0.6) is 0 Å². The molecular formula is C18H14ClNO3. The highest BCUT2D eigenvalue weighted by molar-refractivity contribution is 6.30. The number of hydrogen-bond donors (Lipinski definition) is 0. The normalized spacial score (nSPS) is 10.7. The van der Waals surface area contributed by atoms with E-state index in [0.717, 1.165) is 15.9 Å². The van der Waals surface area contributed by atoms with Crippen LogP contribution in [0, 0.1) is 0 Å². The smallest absolute Gasteiger partial charge is 0.329 e. The molecule has 0 saturated carbocycles. The average Bonchev–Trinajstić information content (AvgIpc) is 2.91. The molecule has 0 radical (unpaired) electrons. The summed E-state index contributed by atoms with van der Waals surface area (Å²) in [5, 5.41) is 0.637. The van der Waals surface area contributed by atoms with Crippen LogP contribution in [0.4, 0.5) is 0 Å². The SMILES string of the molecule is O=C(Cc1ccccc1)n1oc(=O)cc1Cc1ccc(Cl)cc1. The number of benzene rings is 2. The van der Waals surface area contributed by atoms with Gasteiger partial charge in [-0.25, -0.2) is 4.79 Å². The number of carbonyl (C=O) groups is 1. The molecule has 116 valence electrons. The van der Waals surface area contributed by atoms with E-state index in [4.69, 9.17) is 16.1 Å².